The summed E-state index contributed by atoms with van der Waals surface area (Å²) in [6.07, 6.45) is 4.47. The van der Waals surface area contributed by atoms with Gasteiger partial charge < -0.3 is 14.8 Å². The van der Waals surface area contributed by atoms with Gasteiger partial charge in [0.2, 0.25) is 0 Å². The normalized spacial score (nSPS) is 26.7. The van der Waals surface area contributed by atoms with Crippen LogP contribution in [0.15, 0.2) is 48.5 Å². The quantitative estimate of drug-likeness (QED) is 0.840. The van der Waals surface area contributed by atoms with Gasteiger partial charge in [-0.05, 0) is 61.1 Å². The largest absolute Gasteiger partial charge is 0.465 e. The van der Waals surface area contributed by atoms with Crippen molar-refractivity contribution in [1.82, 2.24) is 5.32 Å². The van der Waals surface area contributed by atoms with Crippen molar-refractivity contribution >= 4 is 5.97 Å². The van der Waals surface area contributed by atoms with E-state index in [-0.39, 0.29) is 17.5 Å². The fourth-order valence-electron chi connectivity index (χ4n) is 5.04. The van der Waals surface area contributed by atoms with E-state index in [2.05, 4.69) is 29.6 Å². The van der Waals surface area contributed by atoms with Crippen molar-refractivity contribution in [3.63, 3.8) is 0 Å². The number of methoxy groups -OCH3 is 2. The van der Waals surface area contributed by atoms with Crippen LogP contribution in [0.25, 0.3) is 0 Å². The first-order chi connectivity index (χ1) is 13.1. The van der Waals surface area contributed by atoms with Gasteiger partial charge in [0.25, 0.3) is 0 Å². The molecule has 1 unspecified atom stereocenters. The van der Waals surface area contributed by atoms with Gasteiger partial charge in [0.1, 0.15) is 0 Å². The molecule has 1 aliphatic heterocycles. The number of piperidine rings is 1. The zero-order valence-electron chi connectivity index (χ0n) is 16.0. The van der Waals surface area contributed by atoms with Gasteiger partial charge >= 0.3 is 5.97 Å². The number of hydrogen-bond donors (Lipinski definition) is 1. The lowest BCUT2D eigenvalue weighted by molar-refractivity contribution is -0.0290. The third kappa shape index (κ3) is 3.40. The van der Waals surface area contributed by atoms with Gasteiger partial charge in [0.05, 0.1) is 18.8 Å². The van der Waals surface area contributed by atoms with E-state index in [0.717, 1.165) is 32.2 Å². The number of nitrogens with one attached hydrogen (secondary N) is 1. The Labute approximate surface area is 160 Å². The van der Waals surface area contributed by atoms with E-state index in [0.29, 0.717) is 11.6 Å². The number of carbonyl (C=O) groups excluding carboxylic acids is 1. The van der Waals surface area contributed by atoms with Crippen LogP contribution in [0, 0.1) is 5.41 Å². The second-order valence-corrected chi connectivity index (χ2v) is 7.85. The van der Waals surface area contributed by atoms with Crippen LogP contribution < -0.4 is 5.32 Å². The smallest absolute Gasteiger partial charge is 0.337 e. The van der Waals surface area contributed by atoms with Crippen molar-refractivity contribution in [3.8, 4) is 0 Å². The molecule has 0 aromatic heterocycles. The van der Waals surface area contributed by atoms with Crippen LogP contribution in [0.2, 0.25) is 0 Å². The number of ether oxygens (including phenoxy) is 2. The number of carbonyl (C=O) groups is 1. The van der Waals surface area contributed by atoms with Gasteiger partial charge in [-0.25, -0.2) is 4.79 Å². The fourth-order valence-corrected chi connectivity index (χ4v) is 5.04. The van der Waals surface area contributed by atoms with Gasteiger partial charge in [-0.15, -0.1) is 0 Å². The van der Waals surface area contributed by atoms with Gasteiger partial charge in [0, 0.05) is 18.6 Å². The molecule has 1 N–H and O–H groups in total. The number of benzene rings is 2. The molecule has 0 saturated carbocycles. The molecule has 2 aromatic rings. The minimum atomic E-state index is -0.289. The van der Waals surface area contributed by atoms with Crippen molar-refractivity contribution in [2.75, 3.05) is 20.8 Å². The highest BCUT2D eigenvalue weighted by molar-refractivity contribution is 5.89. The van der Waals surface area contributed by atoms with Crippen molar-refractivity contribution in [2.45, 2.75) is 37.8 Å². The third-order valence-corrected chi connectivity index (χ3v) is 6.24. The number of esters is 1. The van der Waals surface area contributed by atoms with E-state index in [1.807, 2.05) is 31.4 Å². The summed E-state index contributed by atoms with van der Waals surface area (Å²) < 4.78 is 10.8. The average molecular weight is 365 g/mol. The molecule has 0 amide bonds. The molecular formula is C23H27NO3. The third-order valence-electron chi connectivity index (χ3n) is 6.24. The van der Waals surface area contributed by atoms with Crippen LogP contribution in [0.3, 0.4) is 0 Å². The van der Waals surface area contributed by atoms with Crippen molar-refractivity contribution in [3.05, 3.63) is 70.8 Å². The van der Waals surface area contributed by atoms with Gasteiger partial charge in [-0.1, -0.05) is 36.4 Å². The maximum absolute atomic E-state index is 11.6. The van der Waals surface area contributed by atoms with Crippen LogP contribution in [0.1, 0.15) is 46.0 Å². The van der Waals surface area contributed by atoms with E-state index < -0.39 is 0 Å². The second kappa shape index (κ2) is 7.45. The van der Waals surface area contributed by atoms with Gasteiger partial charge in [0.15, 0.2) is 0 Å². The predicted molar refractivity (Wildman–Crippen MR) is 105 cm³/mol. The topological polar surface area (TPSA) is 47.6 Å². The molecule has 2 aromatic carbocycles. The minimum absolute atomic E-state index is 0.181. The lowest BCUT2D eigenvalue weighted by atomic mass is 9.71. The van der Waals surface area contributed by atoms with E-state index in [1.54, 1.807) is 0 Å². The number of hydrogen-bond acceptors (Lipinski definition) is 4. The van der Waals surface area contributed by atoms with Crippen LogP contribution in [0.4, 0.5) is 0 Å². The molecule has 1 heterocycles. The van der Waals surface area contributed by atoms with Crippen molar-refractivity contribution < 1.29 is 14.3 Å². The van der Waals surface area contributed by atoms with Gasteiger partial charge in [-0.3, -0.25) is 0 Å². The molecule has 4 heteroatoms. The zero-order valence-corrected chi connectivity index (χ0v) is 16.0. The molecule has 4 nitrogen and oxygen atoms in total. The minimum Gasteiger partial charge on any atom is -0.465 e. The first-order valence-corrected chi connectivity index (χ1v) is 9.66. The summed E-state index contributed by atoms with van der Waals surface area (Å²) in [5, 5.41) is 3.69. The highest BCUT2D eigenvalue weighted by atomic mass is 16.5. The van der Waals surface area contributed by atoms with Crippen molar-refractivity contribution in [2.24, 2.45) is 5.41 Å². The Bertz CT molecular complexity index is 817. The molecule has 0 bridgehead atoms. The lowest BCUT2D eigenvalue weighted by Crippen LogP contribution is -2.47. The monoisotopic (exact) mass is 365 g/mol. The van der Waals surface area contributed by atoms with E-state index in [9.17, 15) is 4.79 Å². The standard InChI is InChI=1S/C23H27NO3/c1-26-21-20-6-4-3-5-18(20)14-23(21)11-12-24-19(15-23)13-16-7-9-17(10-8-16)22(25)27-2/h3-10,19,21,24H,11-15H2,1-2H3/t19-,21+,23?/m1/s1. The first-order valence-electron chi connectivity index (χ1n) is 9.66. The molecule has 1 fully saturated rings. The molecule has 4 rings (SSSR count). The molecule has 0 radical (unpaired) electrons. The lowest BCUT2D eigenvalue weighted by Gasteiger charge is -2.42. The molecule has 27 heavy (non-hydrogen) atoms. The van der Waals surface area contributed by atoms with Crippen LogP contribution >= 0.6 is 0 Å². The molecule has 1 aliphatic carbocycles. The zero-order chi connectivity index (χ0) is 18.9. The Morgan fingerprint density at radius 3 is 2.67 bits per heavy atom. The SMILES string of the molecule is COC(=O)c1ccc(C[C@@H]2CC3(CCN2)Cc2ccccc2[C@@H]3OC)cc1. The predicted octanol–water partition coefficient (Wildman–Crippen LogP) is 3.70. The summed E-state index contributed by atoms with van der Waals surface area (Å²) in [7, 11) is 3.25. The van der Waals surface area contributed by atoms with Crippen LogP contribution in [-0.2, 0) is 22.3 Å². The Hall–Kier alpha value is -2.17. The molecule has 1 spiro atoms. The summed E-state index contributed by atoms with van der Waals surface area (Å²) in [6, 6.07) is 16.9. The van der Waals surface area contributed by atoms with Crippen molar-refractivity contribution in [1.29, 1.82) is 0 Å². The Morgan fingerprint density at radius 1 is 1.15 bits per heavy atom. The molecule has 142 valence electrons. The number of fused-ring (bicyclic) bond motifs is 1. The fraction of sp³-hybridized carbons (Fsp3) is 0.435. The summed E-state index contributed by atoms with van der Waals surface area (Å²) in [6.45, 7) is 1.01. The van der Waals surface area contributed by atoms with E-state index in [1.165, 1.54) is 23.8 Å². The average Bonchev–Trinajstić information content (AvgIpc) is 2.99. The summed E-state index contributed by atoms with van der Waals surface area (Å²) in [4.78, 5) is 11.6. The summed E-state index contributed by atoms with van der Waals surface area (Å²) in [5.74, 6) is -0.289. The highest BCUT2D eigenvalue weighted by Gasteiger charge is 2.48. The Morgan fingerprint density at radius 2 is 1.93 bits per heavy atom. The first kappa shape index (κ1) is 18.2. The molecular weight excluding hydrogens is 338 g/mol. The van der Waals surface area contributed by atoms with E-state index >= 15 is 0 Å². The molecule has 1 saturated heterocycles. The Balaban J connectivity index is 1.49. The maximum atomic E-state index is 11.6. The second-order valence-electron chi connectivity index (χ2n) is 7.85. The maximum Gasteiger partial charge on any atom is 0.337 e. The molecule has 3 atom stereocenters. The van der Waals surface area contributed by atoms with Gasteiger partial charge in [-0.2, -0.15) is 0 Å². The summed E-state index contributed by atoms with van der Waals surface area (Å²) >= 11 is 0. The van der Waals surface area contributed by atoms with Crippen LogP contribution in [-0.4, -0.2) is 32.8 Å². The Kier molecular flexibility index (Phi) is 5.02. The van der Waals surface area contributed by atoms with E-state index in [4.69, 9.17) is 9.47 Å². The molecule has 2 aliphatic rings. The van der Waals surface area contributed by atoms with Crippen LogP contribution in [0.5, 0.6) is 0 Å². The number of rotatable bonds is 4. The summed E-state index contributed by atoms with van der Waals surface area (Å²) in [5.41, 5.74) is 4.82. The highest BCUT2D eigenvalue weighted by Crippen LogP contribution is 2.53.